The third kappa shape index (κ3) is 2.14. The largest absolute Gasteiger partial charge is 0.333 e. The monoisotopic (exact) mass is 282 g/mol. The lowest BCUT2D eigenvalue weighted by Gasteiger charge is -2.25. The van der Waals surface area contributed by atoms with E-state index in [2.05, 4.69) is 20.2 Å². The van der Waals surface area contributed by atoms with Crippen LogP contribution < -0.4 is 10.6 Å². The maximum atomic E-state index is 12.2. The van der Waals surface area contributed by atoms with E-state index < -0.39 is 0 Å². The van der Waals surface area contributed by atoms with Crippen LogP contribution in [0.3, 0.4) is 0 Å². The molecule has 1 saturated carbocycles. The van der Waals surface area contributed by atoms with E-state index in [9.17, 15) is 4.79 Å². The molecule has 0 spiro atoms. The molecule has 3 unspecified atom stereocenters. The van der Waals surface area contributed by atoms with Crippen molar-refractivity contribution < 1.29 is 4.79 Å². The fraction of sp³-hybridized carbons (Fsp3) is 0.375. The normalized spacial score (nSPS) is 27.6. The molecular formula is C16H18N4O. The smallest absolute Gasteiger partial charge is 0.246 e. The maximum absolute atomic E-state index is 12.2. The summed E-state index contributed by atoms with van der Waals surface area (Å²) in [6, 6.07) is 8.36. The first-order chi connectivity index (χ1) is 10.3. The van der Waals surface area contributed by atoms with Gasteiger partial charge >= 0.3 is 0 Å². The van der Waals surface area contributed by atoms with E-state index in [0.717, 1.165) is 24.1 Å². The summed E-state index contributed by atoms with van der Waals surface area (Å²) in [4.78, 5) is 16.4. The SMILES string of the molecule is O=C1Nc2ccccc2C1NC1CCCC1n1ccnc1. The van der Waals surface area contributed by atoms with Gasteiger partial charge in [-0.05, 0) is 25.3 Å². The number of hydrogen-bond donors (Lipinski definition) is 2. The molecule has 4 rings (SSSR count). The number of para-hydroxylation sites is 1. The van der Waals surface area contributed by atoms with Gasteiger partial charge in [0, 0.05) is 35.7 Å². The molecule has 1 aliphatic heterocycles. The summed E-state index contributed by atoms with van der Waals surface area (Å²) >= 11 is 0. The number of nitrogens with one attached hydrogen (secondary N) is 2. The molecule has 5 nitrogen and oxygen atoms in total. The van der Waals surface area contributed by atoms with Gasteiger partial charge in [-0.1, -0.05) is 18.2 Å². The predicted octanol–water partition coefficient (Wildman–Crippen LogP) is 2.26. The molecule has 108 valence electrons. The van der Waals surface area contributed by atoms with Gasteiger partial charge in [-0.3, -0.25) is 10.1 Å². The molecule has 0 bridgehead atoms. The molecule has 2 aromatic rings. The van der Waals surface area contributed by atoms with Crippen LogP contribution >= 0.6 is 0 Å². The van der Waals surface area contributed by atoms with Crippen LogP contribution in [0.25, 0.3) is 0 Å². The van der Waals surface area contributed by atoms with Crippen LogP contribution in [0.4, 0.5) is 5.69 Å². The lowest BCUT2D eigenvalue weighted by molar-refractivity contribution is -0.117. The van der Waals surface area contributed by atoms with Crippen molar-refractivity contribution in [3.05, 3.63) is 48.5 Å². The summed E-state index contributed by atoms with van der Waals surface area (Å²) in [6.45, 7) is 0. The third-order valence-electron chi connectivity index (χ3n) is 4.56. The number of fused-ring (bicyclic) bond motifs is 1. The Kier molecular flexibility index (Phi) is 3.00. The fourth-order valence-corrected chi connectivity index (χ4v) is 3.55. The molecule has 1 fully saturated rings. The summed E-state index contributed by atoms with van der Waals surface area (Å²) in [5.74, 6) is 0.0486. The Labute approximate surface area is 123 Å². The van der Waals surface area contributed by atoms with Gasteiger partial charge in [0.2, 0.25) is 5.91 Å². The number of amides is 1. The molecule has 5 heteroatoms. The minimum atomic E-state index is -0.240. The second-order valence-corrected chi connectivity index (χ2v) is 5.79. The van der Waals surface area contributed by atoms with Crippen molar-refractivity contribution in [2.24, 2.45) is 0 Å². The van der Waals surface area contributed by atoms with E-state index in [1.807, 2.05) is 43.0 Å². The minimum Gasteiger partial charge on any atom is -0.333 e. The second-order valence-electron chi connectivity index (χ2n) is 5.79. The Morgan fingerprint density at radius 3 is 3.05 bits per heavy atom. The molecule has 2 aliphatic rings. The van der Waals surface area contributed by atoms with Gasteiger partial charge in [0.1, 0.15) is 6.04 Å². The lowest BCUT2D eigenvalue weighted by atomic mass is 10.1. The fourth-order valence-electron chi connectivity index (χ4n) is 3.55. The highest BCUT2D eigenvalue weighted by Gasteiger charge is 2.36. The summed E-state index contributed by atoms with van der Waals surface area (Å²) in [7, 11) is 0. The number of benzene rings is 1. The van der Waals surface area contributed by atoms with Gasteiger partial charge < -0.3 is 9.88 Å². The first kappa shape index (κ1) is 12.6. The maximum Gasteiger partial charge on any atom is 0.246 e. The van der Waals surface area contributed by atoms with Crippen LogP contribution in [0, 0.1) is 0 Å². The summed E-state index contributed by atoms with van der Waals surface area (Å²) in [5.41, 5.74) is 1.98. The number of rotatable bonds is 3. The van der Waals surface area contributed by atoms with Gasteiger partial charge in [0.05, 0.1) is 6.33 Å². The summed E-state index contributed by atoms with van der Waals surface area (Å²) < 4.78 is 2.16. The van der Waals surface area contributed by atoms with Crippen LogP contribution in [0.1, 0.15) is 36.9 Å². The average Bonchev–Trinajstić information content (AvgIpc) is 3.20. The van der Waals surface area contributed by atoms with Gasteiger partial charge in [-0.15, -0.1) is 0 Å². The minimum absolute atomic E-state index is 0.0486. The topological polar surface area (TPSA) is 59.0 Å². The van der Waals surface area contributed by atoms with E-state index in [1.54, 1.807) is 0 Å². The zero-order valence-corrected chi connectivity index (χ0v) is 11.7. The van der Waals surface area contributed by atoms with E-state index in [4.69, 9.17) is 0 Å². The quantitative estimate of drug-likeness (QED) is 0.908. The predicted molar refractivity (Wildman–Crippen MR) is 79.9 cm³/mol. The van der Waals surface area contributed by atoms with Crippen molar-refractivity contribution in [1.82, 2.24) is 14.9 Å². The standard InChI is InChI=1S/C16H18N4O/c21-16-15(11-4-1-2-5-12(11)19-16)18-13-6-3-7-14(13)20-9-8-17-10-20/h1-2,4-5,8-10,13-15,18H,3,6-7H2,(H,19,21). The number of nitrogens with zero attached hydrogens (tertiary/aromatic N) is 2. The van der Waals surface area contributed by atoms with Crippen molar-refractivity contribution >= 4 is 11.6 Å². The molecule has 1 aromatic carbocycles. The van der Waals surface area contributed by atoms with Crippen molar-refractivity contribution in [2.45, 2.75) is 37.4 Å². The number of anilines is 1. The average molecular weight is 282 g/mol. The van der Waals surface area contributed by atoms with Gasteiger partial charge in [0.15, 0.2) is 0 Å². The molecule has 0 saturated heterocycles. The van der Waals surface area contributed by atoms with Crippen LogP contribution in [-0.2, 0) is 4.79 Å². The molecule has 21 heavy (non-hydrogen) atoms. The van der Waals surface area contributed by atoms with Gasteiger partial charge in [-0.2, -0.15) is 0 Å². The highest BCUT2D eigenvalue weighted by Crippen LogP contribution is 2.35. The Morgan fingerprint density at radius 1 is 1.29 bits per heavy atom. The van der Waals surface area contributed by atoms with Crippen molar-refractivity contribution in [2.75, 3.05) is 5.32 Å². The van der Waals surface area contributed by atoms with Crippen LogP contribution in [-0.4, -0.2) is 21.5 Å². The van der Waals surface area contributed by atoms with Crippen molar-refractivity contribution in [3.8, 4) is 0 Å². The molecule has 1 amide bonds. The molecule has 1 aliphatic carbocycles. The Balaban J connectivity index is 1.57. The van der Waals surface area contributed by atoms with Crippen LogP contribution in [0.2, 0.25) is 0 Å². The molecular weight excluding hydrogens is 264 g/mol. The van der Waals surface area contributed by atoms with Gasteiger partial charge in [-0.25, -0.2) is 4.98 Å². The van der Waals surface area contributed by atoms with E-state index in [0.29, 0.717) is 12.1 Å². The highest BCUT2D eigenvalue weighted by molar-refractivity contribution is 6.02. The first-order valence-corrected chi connectivity index (χ1v) is 7.46. The zero-order valence-electron chi connectivity index (χ0n) is 11.7. The highest BCUT2D eigenvalue weighted by atomic mass is 16.2. The van der Waals surface area contributed by atoms with E-state index in [-0.39, 0.29) is 11.9 Å². The zero-order chi connectivity index (χ0) is 14.2. The Bertz CT molecular complexity index is 652. The number of carbonyl (C=O) groups is 1. The molecule has 3 atom stereocenters. The summed E-state index contributed by atoms with van der Waals surface area (Å²) in [6.07, 6.45) is 9.09. The van der Waals surface area contributed by atoms with Crippen LogP contribution in [0.15, 0.2) is 43.0 Å². The first-order valence-electron chi connectivity index (χ1n) is 7.46. The molecule has 2 N–H and O–H groups in total. The lowest BCUT2D eigenvalue weighted by Crippen LogP contribution is -2.39. The second kappa shape index (κ2) is 5.00. The van der Waals surface area contributed by atoms with Gasteiger partial charge in [0.25, 0.3) is 0 Å². The number of aromatic nitrogens is 2. The van der Waals surface area contributed by atoms with E-state index in [1.165, 1.54) is 6.42 Å². The number of carbonyl (C=O) groups excluding carboxylic acids is 1. The number of hydrogen-bond acceptors (Lipinski definition) is 3. The van der Waals surface area contributed by atoms with Crippen molar-refractivity contribution in [1.29, 1.82) is 0 Å². The Morgan fingerprint density at radius 2 is 2.19 bits per heavy atom. The summed E-state index contributed by atoms with van der Waals surface area (Å²) in [5, 5.41) is 6.51. The third-order valence-corrected chi connectivity index (χ3v) is 4.56. The van der Waals surface area contributed by atoms with E-state index >= 15 is 0 Å². The molecule has 0 radical (unpaired) electrons. The molecule has 1 aromatic heterocycles. The molecule has 2 heterocycles. The number of imidazole rings is 1. The van der Waals surface area contributed by atoms with Crippen molar-refractivity contribution in [3.63, 3.8) is 0 Å². The Hall–Kier alpha value is -2.14. The van der Waals surface area contributed by atoms with Crippen LogP contribution in [0.5, 0.6) is 0 Å².